The molecule has 0 aliphatic carbocycles. The number of amides is 3. The van der Waals surface area contributed by atoms with Gasteiger partial charge in [-0.2, -0.15) is 11.8 Å². The van der Waals surface area contributed by atoms with Crippen LogP contribution in [0.1, 0.15) is 6.42 Å². The summed E-state index contributed by atoms with van der Waals surface area (Å²) >= 11 is 1.82. The van der Waals surface area contributed by atoms with Crippen molar-refractivity contribution in [1.29, 1.82) is 0 Å². The van der Waals surface area contributed by atoms with Crippen LogP contribution in [0.4, 0.5) is 19.3 Å². The van der Waals surface area contributed by atoms with Crippen LogP contribution >= 0.6 is 11.8 Å². The zero-order valence-electron chi connectivity index (χ0n) is 14.2. The highest BCUT2D eigenvalue weighted by atomic mass is 32.2. The maximum Gasteiger partial charge on any atom is 0.322 e. The Kier molecular flexibility index (Phi) is 6.31. The molecule has 2 aliphatic rings. The van der Waals surface area contributed by atoms with Crippen LogP contribution in [0.5, 0.6) is 0 Å². The van der Waals surface area contributed by atoms with Crippen molar-refractivity contribution < 1.29 is 23.1 Å². The Balaban J connectivity index is 1.63. The van der Waals surface area contributed by atoms with E-state index in [1.54, 1.807) is 4.90 Å². The number of carbonyl (C=O) groups is 2. The van der Waals surface area contributed by atoms with Gasteiger partial charge in [-0.25, -0.2) is 13.6 Å². The van der Waals surface area contributed by atoms with Crippen LogP contribution in [0.15, 0.2) is 18.2 Å². The minimum atomic E-state index is -0.843. The third kappa shape index (κ3) is 4.64. The maximum absolute atomic E-state index is 13.8. The lowest BCUT2D eigenvalue weighted by atomic mass is 10.1. The third-order valence-electron chi connectivity index (χ3n) is 4.44. The molecule has 2 aliphatic heterocycles. The number of nitrogens with zero attached hydrogens (tertiary/aromatic N) is 2. The minimum Gasteiger partial charge on any atom is -0.377 e. The minimum absolute atomic E-state index is 0.00781. The highest BCUT2D eigenvalue weighted by Crippen LogP contribution is 2.19. The van der Waals surface area contributed by atoms with E-state index in [9.17, 15) is 18.4 Å². The lowest BCUT2D eigenvalue weighted by Crippen LogP contribution is -2.52. The molecular weight excluding hydrogens is 364 g/mol. The number of anilines is 1. The van der Waals surface area contributed by atoms with E-state index in [1.807, 2.05) is 11.8 Å². The number of urea groups is 1. The Morgan fingerprint density at radius 2 is 2.00 bits per heavy atom. The molecule has 0 saturated carbocycles. The van der Waals surface area contributed by atoms with Gasteiger partial charge in [0, 0.05) is 43.6 Å². The monoisotopic (exact) mass is 385 g/mol. The molecule has 1 aromatic carbocycles. The first kappa shape index (κ1) is 18.9. The summed E-state index contributed by atoms with van der Waals surface area (Å²) in [6.45, 7) is 2.34. The summed E-state index contributed by atoms with van der Waals surface area (Å²) in [4.78, 5) is 28.3. The summed E-state index contributed by atoms with van der Waals surface area (Å²) in [6, 6.07) is 2.03. The van der Waals surface area contributed by atoms with E-state index < -0.39 is 23.7 Å². The quantitative estimate of drug-likeness (QED) is 0.866. The average Bonchev–Trinajstić information content (AvgIpc) is 2.65. The van der Waals surface area contributed by atoms with Crippen LogP contribution < -0.4 is 5.32 Å². The number of nitrogens with one attached hydrogen (secondary N) is 1. The van der Waals surface area contributed by atoms with Gasteiger partial charge in [-0.05, 0) is 12.1 Å². The topological polar surface area (TPSA) is 61.9 Å². The number of benzene rings is 1. The van der Waals surface area contributed by atoms with E-state index in [2.05, 4.69) is 5.32 Å². The van der Waals surface area contributed by atoms with E-state index in [1.165, 1.54) is 11.0 Å². The van der Waals surface area contributed by atoms with Crippen LogP contribution in [0.2, 0.25) is 0 Å². The number of rotatable bonds is 3. The average molecular weight is 385 g/mol. The van der Waals surface area contributed by atoms with Crippen molar-refractivity contribution in [2.24, 2.45) is 0 Å². The smallest absolute Gasteiger partial charge is 0.322 e. The van der Waals surface area contributed by atoms with Gasteiger partial charge in [0.25, 0.3) is 0 Å². The number of halogens is 2. The predicted molar refractivity (Wildman–Crippen MR) is 95.2 cm³/mol. The molecule has 2 saturated heterocycles. The fraction of sp³-hybridized carbons (Fsp3) is 0.529. The van der Waals surface area contributed by atoms with Gasteiger partial charge in [-0.15, -0.1) is 0 Å². The van der Waals surface area contributed by atoms with Crippen molar-refractivity contribution in [2.45, 2.75) is 12.5 Å². The molecule has 0 unspecified atom stereocenters. The van der Waals surface area contributed by atoms with Crippen molar-refractivity contribution in [1.82, 2.24) is 9.80 Å². The molecular formula is C17H21F2N3O3S. The van der Waals surface area contributed by atoms with Gasteiger partial charge in [-0.3, -0.25) is 4.79 Å². The molecule has 3 amide bonds. The molecule has 0 bridgehead atoms. The molecule has 9 heteroatoms. The number of thioether (sulfide) groups is 1. The molecule has 0 spiro atoms. The number of hydrogen-bond donors (Lipinski definition) is 1. The summed E-state index contributed by atoms with van der Waals surface area (Å²) in [5.41, 5.74) is -0.0963. The zero-order valence-corrected chi connectivity index (χ0v) is 15.1. The van der Waals surface area contributed by atoms with Gasteiger partial charge in [0.05, 0.1) is 24.9 Å². The fourth-order valence-electron chi connectivity index (χ4n) is 3.01. The Morgan fingerprint density at radius 1 is 1.23 bits per heavy atom. The van der Waals surface area contributed by atoms with Gasteiger partial charge < -0.3 is 19.9 Å². The Hall–Kier alpha value is -1.87. The van der Waals surface area contributed by atoms with E-state index >= 15 is 0 Å². The van der Waals surface area contributed by atoms with Crippen LogP contribution in [0.3, 0.4) is 0 Å². The van der Waals surface area contributed by atoms with Crippen LogP contribution in [0.25, 0.3) is 0 Å². The second kappa shape index (κ2) is 8.68. The van der Waals surface area contributed by atoms with Crippen molar-refractivity contribution >= 4 is 29.4 Å². The molecule has 6 nitrogen and oxygen atoms in total. The Morgan fingerprint density at radius 3 is 2.73 bits per heavy atom. The first-order valence-electron chi connectivity index (χ1n) is 8.50. The standard InChI is InChI=1S/C17H21F2N3O3S/c18-12-1-2-15(14(19)9-12)20-17(24)22-3-6-25-11-13(22)10-16(23)21-4-7-26-8-5-21/h1-2,9,13H,3-8,10-11H2,(H,20,24)/t13-/m1/s1. The van der Waals surface area contributed by atoms with Gasteiger partial charge in [0.1, 0.15) is 11.6 Å². The fourth-order valence-corrected chi connectivity index (χ4v) is 3.92. The molecule has 1 atom stereocenters. The normalized spacial score (nSPS) is 20.8. The van der Waals surface area contributed by atoms with E-state index in [0.717, 1.165) is 17.6 Å². The lowest BCUT2D eigenvalue weighted by molar-refractivity contribution is -0.133. The van der Waals surface area contributed by atoms with Gasteiger partial charge in [-0.1, -0.05) is 0 Å². The molecule has 26 heavy (non-hydrogen) atoms. The summed E-state index contributed by atoms with van der Waals surface area (Å²) < 4.78 is 32.2. The molecule has 142 valence electrons. The summed E-state index contributed by atoms with van der Waals surface area (Å²) in [6.07, 6.45) is 0.171. The molecule has 1 N–H and O–H groups in total. The maximum atomic E-state index is 13.8. The Bertz CT molecular complexity index is 671. The largest absolute Gasteiger partial charge is 0.377 e. The number of carbonyl (C=O) groups excluding carboxylic acids is 2. The van der Waals surface area contributed by atoms with E-state index in [0.29, 0.717) is 32.3 Å². The lowest BCUT2D eigenvalue weighted by Gasteiger charge is -2.36. The van der Waals surface area contributed by atoms with Crippen molar-refractivity contribution in [2.75, 3.05) is 49.7 Å². The van der Waals surface area contributed by atoms with Crippen LogP contribution in [-0.2, 0) is 9.53 Å². The summed E-state index contributed by atoms with van der Waals surface area (Å²) in [7, 11) is 0. The molecule has 2 heterocycles. The van der Waals surface area contributed by atoms with Crippen molar-refractivity contribution in [3.63, 3.8) is 0 Å². The van der Waals surface area contributed by atoms with Crippen molar-refractivity contribution in [3.05, 3.63) is 29.8 Å². The second-order valence-corrected chi connectivity index (χ2v) is 7.40. The van der Waals surface area contributed by atoms with E-state index in [-0.39, 0.29) is 24.6 Å². The molecule has 2 fully saturated rings. The highest BCUT2D eigenvalue weighted by molar-refractivity contribution is 7.99. The van der Waals surface area contributed by atoms with Gasteiger partial charge >= 0.3 is 6.03 Å². The van der Waals surface area contributed by atoms with Crippen molar-refractivity contribution in [3.8, 4) is 0 Å². The number of morpholine rings is 1. The van der Waals surface area contributed by atoms with Crippen LogP contribution in [0, 0.1) is 11.6 Å². The van der Waals surface area contributed by atoms with Crippen LogP contribution in [-0.4, -0.2) is 72.1 Å². The van der Waals surface area contributed by atoms with E-state index in [4.69, 9.17) is 4.74 Å². The molecule has 0 radical (unpaired) electrons. The highest BCUT2D eigenvalue weighted by Gasteiger charge is 2.31. The van der Waals surface area contributed by atoms with Gasteiger partial charge in [0.15, 0.2) is 0 Å². The first-order valence-corrected chi connectivity index (χ1v) is 9.66. The number of ether oxygens (including phenoxy) is 1. The first-order chi connectivity index (χ1) is 12.5. The second-order valence-electron chi connectivity index (χ2n) is 6.17. The summed E-state index contributed by atoms with van der Waals surface area (Å²) in [5.74, 6) is 0.272. The third-order valence-corrected chi connectivity index (χ3v) is 5.38. The summed E-state index contributed by atoms with van der Waals surface area (Å²) in [5, 5.41) is 2.45. The Labute approximate surface area is 154 Å². The number of hydrogen-bond acceptors (Lipinski definition) is 4. The predicted octanol–water partition coefficient (Wildman–Crippen LogP) is 2.16. The zero-order chi connectivity index (χ0) is 18.5. The molecule has 0 aromatic heterocycles. The molecule has 1 aromatic rings. The SMILES string of the molecule is O=C(C[C@@H]1COCCN1C(=O)Nc1ccc(F)cc1F)N1CCSCC1. The molecule has 3 rings (SSSR count). The van der Waals surface area contributed by atoms with Gasteiger partial charge in [0.2, 0.25) is 5.91 Å².